The minimum Gasteiger partial charge on any atom is -0.496 e. The molecule has 0 fully saturated rings. The molecule has 9 heteroatoms. The van der Waals surface area contributed by atoms with Gasteiger partial charge in [-0.25, -0.2) is 8.42 Å². The Hall–Kier alpha value is -1.07. The summed E-state index contributed by atoms with van der Waals surface area (Å²) in [6, 6.07) is 3.13. The molecule has 0 heterocycles. The predicted octanol–water partition coefficient (Wildman–Crippen LogP) is 1.74. The van der Waals surface area contributed by atoms with Crippen molar-refractivity contribution in [3.8, 4) is 5.75 Å². The van der Waals surface area contributed by atoms with Crippen molar-refractivity contribution in [2.45, 2.75) is 13.8 Å². The summed E-state index contributed by atoms with van der Waals surface area (Å²) in [4.78, 5) is 14.6. The summed E-state index contributed by atoms with van der Waals surface area (Å²) in [7, 11) is -1.96. The van der Waals surface area contributed by atoms with Crippen LogP contribution in [0.5, 0.6) is 5.75 Å². The van der Waals surface area contributed by atoms with Crippen LogP contribution in [0, 0.1) is 3.57 Å². The van der Waals surface area contributed by atoms with Crippen molar-refractivity contribution in [3.63, 3.8) is 0 Å². The first-order valence-electron chi connectivity index (χ1n) is 7.57. The summed E-state index contributed by atoms with van der Waals surface area (Å²) in [6.07, 6.45) is 1.07. The lowest BCUT2D eigenvalue weighted by Gasteiger charge is -2.18. The third-order valence-electron chi connectivity index (χ3n) is 3.44. The van der Waals surface area contributed by atoms with Gasteiger partial charge in [-0.3, -0.25) is 9.52 Å². The number of anilines is 1. The Labute approximate surface area is 157 Å². The molecule has 136 valence electrons. The van der Waals surface area contributed by atoms with E-state index in [0.29, 0.717) is 27.1 Å². The summed E-state index contributed by atoms with van der Waals surface area (Å²) in [5, 5.41) is 2.87. The number of nitrogens with zero attached hydrogens (tertiary/aromatic N) is 1. The van der Waals surface area contributed by atoms with Gasteiger partial charge in [0.1, 0.15) is 5.75 Å². The van der Waals surface area contributed by atoms with Crippen molar-refractivity contribution in [1.29, 1.82) is 0 Å². The predicted molar refractivity (Wildman–Crippen MR) is 104 cm³/mol. The SMILES string of the molecule is CCN(CC)CCNC(=O)c1cc(I)c(NS(C)(=O)=O)cc1OC. The number of methoxy groups -OCH3 is 1. The average molecular weight is 469 g/mol. The largest absolute Gasteiger partial charge is 0.496 e. The summed E-state index contributed by atoms with van der Waals surface area (Å²) in [5.74, 6) is 0.0738. The molecule has 0 unspecified atom stereocenters. The standard InChI is InChI=1S/C15H24IN3O4S/c1-5-19(6-2)8-7-17-15(20)11-9-12(16)13(10-14(11)23-3)18-24(4,21)22/h9-10,18H,5-8H2,1-4H3,(H,17,20). The van der Waals surface area contributed by atoms with Gasteiger partial charge in [0, 0.05) is 22.7 Å². The zero-order valence-electron chi connectivity index (χ0n) is 14.3. The zero-order valence-corrected chi connectivity index (χ0v) is 17.3. The Balaban J connectivity index is 2.91. The molecule has 0 aromatic heterocycles. The Kier molecular flexibility index (Phi) is 8.23. The van der Waals surface area contributed by atoms with Crippen LogP contribution < -0.4 is 14.8 Å². The quantitative estimate of drug-likeness (QED) is 0.539. The monoisotopic (exact) mass is 469 g/mol. The lowest BCUT2D eigenvalue weighted by molar-refractivity contribution is 0.0946. The second-order valence-electron chi connectivity index (χ2n) is 5.19. The Morgan fingerprint density at radius 2 is 1.92 bits per heavy atom. The van der Waals surface area contributed by atoms with Gasteiger partial charge in [-0.15, -0.1) is 0 Å². The minimum atomic E-state index is -3.40. The number of halogens is 1. The number of ether oxygens (including phenoxy) is 1. The second kappa shape index (κ2) is 9.42. The Bertz CT molecular complexity index is 676. The first kappa shape index (κ1) is 21.0. The smallest absolute Gasteiger partial charge is 0.255 e. The maximum atomic E-state index is 12.4. The highest BCUT2D eigenvalue weighted by Gasteiger charge is 2.17. The molecule has 24 heavy (non-hydrogen) atoms. The number of nitrogens with one attached hydrogen (secondary N) is 2. The van der Waals surface area contributed by atoms with Crippen LogP contribution in [-0.4, -0.2) is 58.8 Å². The molecule has 1 rings (SSSR count). The van der Waals surface area contributed by atoms with Crippen molar-refractivity contribution in [3.05, 3.63) is 21.3 Å². The molecule has 1 aromatic carbocycles. The number of carbonyl (C=O) groups is 1. The topological polar surface area (TPSA) is 87.7 Å². The fraction of sp³-hybridized carbons (Fsp3) is 0.533. The zero-order chi connectivity index (χ0) is 18.3. The van der Waals surface area contributed by atoms with Crippen LogP contribution in [0.3, 0.4) is 0 Å². The lowest BCUT2D eigenvalue weighted by atomic mass is 10.1. The van der Waals surface area contributed by atoms with E-state index in [0.717, 1.165) is 25.9 Å². The van der Waals surface area contributed by atoms with Crippen molar-refractivity contribution < 1.29 is 17.9 Å². The molecule has 0 aliphatic heterocycles. The van der Waals surface area contributed by atoms with E-state index in [1.54, 1.807) is 6.07 Å². The average Bonchev–Trinajstić information content (AvgIpc) is 2.51. The van der Waals surface area contributed by atoms with Crippen LogP contribution in [-0.2, 0) is 10.0 Å². The first-order chi connectivity index (χ1) is 11.2. The molecular weight excluding hydrogens is 445 g/mol. The van der Waals surface area contributed by atoms with Crippen LogP contribution in [0.25, 0.3) is 0 Å². The highest BCUT2D eigenvalue weighted by Crippen LogP contribution is 2.29. The molecule has 0 saturated carbocycles. The van der Waals surface area contributed by atoms with Gasteiger partial charge in [0.25, 0.3) is 5.91 Å². The molecular formula is C15H24IN3O4S. The van der Waals surface area contributed by atoms with Crippen LogP contribution in [0.2, 0.25) is 0 Å². The summed E-state index contributed by atoms with van der Waals surface area (Å²) in [6.45, 7) is 7.31. The lowest BCUT2D eigenvalue weighted by Crippen LogP contribution is -2.35. The molecule has 0 saturated heterocycles. The van der Waals surface area contributed by atoms with Gasteiger partial charge in [0.05, 0.1) is 24.6 Å². The van der Waals surface area contributed by atoms with Crippen LogP contribution >= 0.6 is 22.6 Å². The molecule has 0 aliphatic rings. The van der Waals surface area contributed by atoms with E-state index in [9.17, 15) is 13.2 Å². The number of likely N-dealkylation sites (N-methyl/N-ethyl adjacent to an activating group) is 1. The molecule has 0 atom stereocenters. The molecule has 0 spiro atoms. The van der Waals surface area contributed by atoms with E-state index in [-0.39, 0.29) is 5.91 Å². The Morgan fingerprint density at radius 3 is 2.42 bits per heavy atom. The fourth-order valence-corrected chi connectivity index (χ4v) is 3.49. The summed E-state index contributed by atoms with van der Waals surface area (Å²) >= 11 is 1.98. The normalized spacial score (nSPS) is 11.4. The highest BCUT2D eigenvalue weighted by molar-refractivity contribution is 14.1. The van der Waals surface area contributed by atoms with Gasteiger partial charge in [-0.05, 0) is 41.7 Å². The Morgan fingerprint density at radius 1 is 1.29 bits per heavy atom. The number of amides is 1. The van der Waals surface area contributed by atoms with E-state index >= 15 is 0 Å². The van der Waals surface area contributed by atoms with E-state index in [1.807, 2.05) is 22.6 Å². The van der Waals surface area contributed by atoms with Gasteiger partial charge in [0.15, 0.2) is 0 Å². The minimum absolute atomic E-state index is 0.247. The van der Waals surface area contributed by atoms with Gasteiger partial charge in [-0.1, -0.05) is 13.8 Å². The number of benzene rings is 1. The van der Waals surface area contributed by atoms with Crippen molar-refractivity contribution >= 4 is 44.2 Å². The number of hydrogen-bond acceptors (Lipinski definition) is 5. The summed E-state index contributed by atoms with van der Waals surface area (Å²) in [5.41, 5.74) is 0.759. The van der Waals surface area contributed by atoms with Gasteiger partial charge < -0.3 is 15.0 Å². The first-order valence-corrected chi connectivity index (χ1v) is 10.5. The molecule has 0 bridgehead atoms. The number of carbonyl (C=O) groups excluding carboxylic acids is 1. The van der Waals surface area contributed by atoms with Crippen molar-refractivity contribution in [2.75, 3.05) is 44.3 Å². The van der Waals surface area contributed by atoms with E-state index in [2.05, 4.69) is 28.8 Å². The van der Waals surface area contributed by atoms with Crippen molar-refractivity contribution in [1.82, 2.24) is 10.2 Å². The molecule has 2 N–H and O–H groups in total. The van der Waals surface area contributed by atoms with Crippen molar-refractivity contribution in [2.24, 2.45) is 0 Å². The third kappa shape index (κ3) is 6.44. The molecule has 0 radical (unpaired) electrons. The molecule has 7 nitrogen and oxygen atoms in total. The van der Waals surface area contributed by atoms with Crippen LogP contribution in [0.1, 0.15) is 24.2 Å². The van der Waals surface area contributed by atoms with Crippen LogP contribution in [0.4, 0.5) is 5.69 Å². The summed E-state index contributed by atoms with van der Waals surface area (Å²) < 4.78 is 31.1. The van der Waals surface area contributed by atoms with E-state index in [1.165, 1.54) is 13.2 Å². The fourth-order valence-electron chi connectivity index (χ4n) is 2.14. The van der Waals surface area contributed by atoms with Gasteiger partial charge >= 0.3 is 0 Å². The van der Waals surface area contributed by atoms with E-state index in [4.69, 9.17) is 4.74 Å². The maximum absolute atomic E-state index is 12.4. The molecule has 1 amide bonds. The number of sulfonamides is 1. The number of hydrogen-bond donors (Lipinski definition) is 2. The molecule has 0 aliphatic carbocycles. The third-order valence-corrected chi connectivity index (χ3v) is 4.92. The number of rotatable bonds is 9. The maximum Gasteiger partial charge on any atom is 0.255 e. The van der Waals surface area contributed by atoms with Gasteiger partial charge in [-0.2, -0.15) is 0 Å². The van der Waals surface area contributed by atoms with Crippen LogP contribution in [0.15, 0.2) is 12.1 Å². The van der Waals surface area contributed by atoms with Gasteiger partial charge in [0.2, 0.25) is 10.0 Å². The van der Waals surface area contributed by atoms with E-state index < -0.39 is 10.0 Å². The molecule has 1 aromatic rings. The second-order valence-corrected chi connectivity index (χ2v) is 8.10. The highest BCUT2D eigenvalue weighted by atomic mass is 127.